The van der Waals surface area contributed by atoms with Crippen molar-refractivity contribution in [2.24, 2.45) is 0 Å². The average Bonchev–Trinajstić information content (AvgIpc) is 3.73. The molecule has 0 radical (unpaired) electrons. The van der Waals surface area contributed by atoms with E-state index in [-0.39, 0.29) is 0 Å². The monoisotopic (exact) mass is 650 g/mol. The van der Waals surface area contributed by atoms with Crippen molar-refractivity contribution >= 4 is 76.1 Å². The zero-order valence-corrected chi connectivity index (χ0v) is 27.2. The molecular formula is C46H26N4O. The van der Waals surface area contributed by atoms with E-state index in [9.17, 15) is 0 Å². The molecule has 0 N–H and O–H groups in total. The molecule has 1 aliphatic heterocycles. The first-order valence-corrected chi connectivity index (χ1v) is 17.3. The Labute approximate surface area is 291 Å². The van der Waals surface area contributed by atoms with E-state index >= 15 is 0 Å². The predicted octanol–water partition coefficient (Wildman–Crippen LogP) is 11.9. The zero-order chi connectivity index (χ0) is 33.2. The smallest absolute Gasteiger partial charge is 0.235 e. The van der Waals surface area contributed by atoms with Crippen LogP contribution in [0.2, 0.25) is 0 Å². The maximum atomic E-state index is 6.38. The average molecular weight is 651 g/mol. The quantitative estimate of drug-likeness (QED) is 0.187. The van der Waals surface area contributed by atoms with Crippen molar-refractivity contribution in [1.29, 1.82) is 0 Å². The molecule has 0 spiro atoms. The highest BCUT2D eigenvalue weighted by atomic mass is 16.5. The van der Waals surface area contributed by atoms with Gasteiger partial charge in [-0.1, -0.05) is 109 Å². The highest BCUT2D eigenvalue weighted by Gasteiger charge is 2.28. The van der Waals surface area contributed by atoms with Gasteiger partial charge in [0.05, 0.1) is 38.7 Å². The Kier molecular flexibility index (Phi) is 5.17. The molecule has 11 aromatic rings. The molecule has 5 heteroatoms. The van der Waals surface area contributed by atoms with E-state index < -0.39 is 0 Å². The predicted molar refractivity (Wildman–Crippen MR) is 209 cm³/mol. The Hall–Kier alpha value is -6.98. The minimum absolute atomic E-state index is 0.628. The summed E-state index contributed by atoms with van der Waals surface area (Å²) >= 11 is 0. The van der Waals surface area contributed by atoms with Crippen molar-refractivity contribution < 1.29 is 4.74 Å². The normalized spacial score (nSPS) is 12.5. The van der Waals surface area contributed by atoms with E-state index in [1.807, 2.05) is 30.3 Å². The Morgan fingerprint density at radius 3 is 1.98 bits per heavy atom. The first-order valence-electron chi connectivity index (χ1n) is 17.3. The van der Waals surface area contributed by atoms with Crippen LogP contribution in [-0.2, 0) is 0 Å². The lowest BCUT2D eigenvalue weighted by Crippen LogP contribution is -2.07. The highest BCUT2D eigenvalue weighted by molar-refractivity contribution is 6.39. The number of ether oxygens (including phenoxy) is 1. The van der Waals surface area contributed by atoms with Crippen LogP contribution in [0.1, 0.15) is 0 Å². The summed E-state index contributed by atoms with van der Waals surface area (Å²) in [7, 11) is 0. The van der Waals surface area contributed by atoms with Crippen LogP contribution in [0.5, 0.6) is 11.5 Å². The lowest BCUT2D eigenvalue weighted by molar-refractivity contribution is 0.486. The zero-order valence-electron chi connectivity index (χ0n) is 27.2. The van der Waals surface area contributed by atoms with Crippen LogP contribution < -0.4 is 4.74 Å². The number of para-hydroxylation sites is 3. The summed E-state index contributed by atoms with van der Waals surface area (Å²) in [6, 6.07) is 55.8. The SMILES string of the molecule is c1ccc(-n2c3ccccc3c3c4ccccc4c4c5c6ccccc6ccc5n(-c5nc6c7c(cccc7n5)Oc5ccccc5-6)c4c32)cc1. The molecular weight excluding hydrogens is 625 g/mol. The van der Waals surface area contributed by atoms with Crippen LogP contribution in [0.4, 0.5) is 0 Å². The summed E-state index contributed by atoms with van der Waals surface area (Å²) in [5.41, 5.74) is 8.22. The summed E-state index contributed by atoms with van der Waals surface area (Å²) in [4.78, 5) is 10.9. The van der Waals surface area contributed by atoms with Crippen molar-refractivity contribution in [1.82, 2.24) is 19.1 Å². The lowest BCUT2D eigenvalue weighted by Gasteiger charge is -2.21. The summed E-state index contributed by atoms with van der Waals surface area (Å²) in [6.07, 6.45) is 0. The Morgan fingerprint density at radius 1 is 0.412 bits per heavy atom. The van der Waals surface area contributed by atoms with Crippen molar-refractivity contribution in [3.05, 3.63) is 158 Å². The molecule has 0 aliphatic carbocycles. The van der Waals surface area contributed by atoms with Gasteiger partial charge in [-0.05, 0) is 70.1 Å². The summed E-state index contributed by atoms with van der Waals surface area (Å²) in [5.74, 6) is 2.20. The molecule has 51 heavy (non-hydrogen) atoms. The number of hydrogen-bond acceptors (Lipinski definition) is 3. The van der Waals surface area contributed by atoms with Gasteiger partial charge in [-0.3, -0.25) is 4.57 Å². The third kappa shape index (κ3) is 3.49. The Balaban J connectivity index is 1.39. The fourth-order valence-corrected chi connectivity index (χ4v) is 8.64. The van der Waals surface area contributed by atoms with Gasteiger partial charge >= 0.3 is 0 Å². The first-order chi connectivity index (χ1) is 25.3. The second kappa shape index (κ2) is 9.80. The van der Waals surface area contributed by atoms with Crippen LogP contribution in [-0.4, -0.2) is 19.1 Å². The summed E-state index contributed by atoms with van der Waals surface area (Å²) in [5, 5.41) is 10.6. The first kappa shape index (κ1) is 26.9. The lowest BCUT2D eigenvalue weighted by atomic mass is 9.96. The molecule has 0 bridgehead atoms. The van der Waals surface area contributed by atoms with Gasteiger partial charge in [-0.2, -0.15) is 0 Å². The summed E-state index contributed by atoms with van der Waals surface area (Å²) < 4.78 is 11.1. The fourth-order valence-electron chi connectivity index (χ4n) is 8.64. The van der Waals surface area contributed by atoms with Crippen LogP contribution in [0.15, 0.2) is 158 Å². The van der Waals surface area contributed by atoms with Gasteiger partial charge in [0, 0.05) is 32.8 Å². The molecule has 4 heterocycles. The number of hydrogen-bond donors (Lipinski definition) is 0. The van der Waals surface area contributed by atoms with Crippen LogP contribution in [0.3, 0.4) is 0 Å². The number of fused-ring (bicyclic) bond motifs is 14. The molecule has 1 aliphatic rings. The number of benzene rings is 8. The molecule has 236 valence electrons. The summed E-state index contributed by atoms with van der Waals surface area (Å²) in [6.45, 7) is 0. The molecule has 5 nitrogen and oxygen atoms in total. The van der Waals surface area contributed by atoms with Crippen molar-refractivity contribution in [2.75, 3.05) is 0 Å². The van der Waals surface area contributed by atoms with Gasteiger partial charge in [0.15, 0.2) is 0 Å². The minimum atomic E-state index is 0.628. The minimum Gasteiger partial charge on any atom is -0.456 e. The van der Waals surface area contributed by atoms with E-state index in [1.54, 1.807) is 0 Å². The number of nitrogens with zero attached hydrogens (tertiary/aromatic N) is 4. The highest BCUT2D eigenvalue weighted by Crippen LogP contribution is 2.49. The van der Waals surface area contributed by atoms with Crippen molar-refractivity contribution in [3.63, 3.8) is 0 Å². The van der Waals surface area contributed by atoms with Gasteiger partial charge in [0.1, 0.15) is 11.5 Å². The van der Waals surface area contributed by atoms with Crippen LogP contribution >= 0.6 is 0 Å². The van der Waals surface area contributed by atoms with E-state index in [4.69, 9.17) is 14.7 Å². The maximum Gasteiger partial charge on any atom is 0.235 e. The van der Waals surface area contributed by atoms with E-state index in [2.05, 4.69) is 137 Å². The van der Waals surface area contributed by atoms with Crippen LogP contribution in [0, 0.1) is 0 Å². The molecule has 0 unspecified atom stereocenters. The van der Waals surface area contributed by atoms with E-state index in [0.717, 1.165) is 61.4 Å². The fraction of sp³-hybridized carbons (Fsp3) is 0. The molecule has 0 saturated carbocycles. The molecule has 0 fully saturated rings. The van der Waals surface area contributed by atoms with Gasteiger partial charge < -0.3 is 9.30 Å². The Morgan fingerprint density at radius 2 is 1.10 bits per heavy atom. The largest absolute Gasteiger partial charge is 0.456 e. The van der Waals surface area contributed by atoms with Gasteiger partial charge in [-0.25, -0.2) is 9.97 Å². The standard InChI is InChI=1S/C46H26N4O/c1-2-14-28(15-3-1)49-35-22-10-8-19-32(35)39-30-17-6-7-18-31(30)41-40-29-16-5-4-13-27(29)25-26-36(40)50(45(41)44(39)49)46-47-34-21-12-24-38-42(34)43(48-46)33-20-9-11-23-37(33)51-38/h1-26H. The third-order valence-corrected chi connectivity index (χ3v) is 10.7. The van der Waals surface area contributed by atoms with Gasteiger partial charge in [0.2, 0.25) is 5.95 Å². The number of aromatic nitrogens is 4. The molecule has 0 atom stereocenters. The molecule has 12 rings (SSSR count). The second-order valence-corrected chi connectivity index (χ2v) is 13.3. The topological polar surface area (TPSA) is 44.9 Å². The van der Waals surface area contributed by atoms with Gasteiger partial charge in [0.25, 0.3) is 0 Å². The van der Waals surface area contributed by atoms with Crippen LogP contribution in [0.25, 0.3) is 99.0 Å². The second-order valence-electron chi connectivity index (χ2n) is 13.3. The third-order valence-electron chi connectivity index (χ3n) is 10.7. The van der Waals surface area contributed by atoms with Gasteiger partial charge in [-0.15, -0.1) is 0 Å². The van der Waals surface area contributed by atoms with Crippen molar-refractivity contribution in [3.8, 4) is 34.4 Å². The molecule has 0 amide bonds. The molecule has 8 aromatic carbocycles. The molecule has 3 aromatic heterocycles. The van der Waals surface area contributed by atoms with E-state index in [0.29, 0.717) is 5.95 Å². The van der Waals surface area contributed by atoms with Crippen molar-refractivity contribution in [2.45, 2.75) is 0 Å². The number of rotatable bonds is 2. The molecule has 0 saturated heterocycles. The maximum absolute atomic E-state index is 6.38. The van der Waals surface area contributed by atoms with E-state index in [1.165, 1.54) is 43.1 Å². The Bertz CT molecular complexity index is 3280.